The molecule has 2 heterocycles. The molecule has 1 aromatic heterocycles. The number of nitrogens with zero attached hydrogens (tertiary/aromatic N) is 2. The largest absolute Gasteiger partial charge is 0.369 e. The van der Waals surface area contributed by atoms with Crippen molar-refractivity contribution in [2.45, 2.75) is 31.0 Å². The molecule has 0 amide bonds. The maximum atomic E-state index is 9.78. The molecular weight excluding hydrogens is 717 g/mol. The van der Waals surface area contributed by atoms with Gasteiger partial charge in [0.2, 0.25) is 0 Å². The molecule has 2 N–H and O–H groups in total. The maximum absolute atomic E-state index is 9.78. The molecule has 11 rings (SSSR count). The summed E-state index contributed by atoms with van der Waals surface area (Å²) in [6.07, 6.45) is 11.8. The summed E-state index contributed by atoms with van der Waals surface area (Å²) in [4.78, 5) is 0. The smallest absolute Gasteiger partial charge is 0.104 e. The molecule has 0 fully saturated rings. The number of rotatable bonds is 6. The summed E-state index contributed by atoms with van der Waals surface area (Å²) in [6.45, 7) is 2.30. The van der Waals surface area contributed by atoms with Crippen molar-refractivity contribution in [3.8, 4) is 22.9 Å². The molecule has 8 aromatic rings. The number of para-hydroxylation sites is 1. The van der Waals surface area contributed by atoms with E-state index in [2.05, 4.69) is 210 Å². The minimum absolute atomic E-state index is 0.0918. The molecule has 0 spiro atoms. The Kier molecular flexibility index (Phi) is 8.15. The van der Waals surface area contributed by atoms with E-state index in [9.17, 15) is 5.26 Å². The molecule has 3 unspecified atom stereocenters. The first-order chi connectivity index (χ1) is 29.0. The van der Waals surface area contributed by atoms with Gasteiger partial charge in [-0.25, -0.2) is 0 Å². The van der Waals surface area contributed by atoms with Crippen LogP contribution in [0.25, 0.3) is 38.6 Å². The molecule has 7 aromatic carbocycles. The van der Waals surface area contributed by atoms with Crippen molar-refractivity contribution in [1.29, 1.82) is 5.26 Å². The van der Waals surface area contributed by atoms with Gasteiger partial charge in [0.15, 0.2) is 0 Å². The van der Waals surface area contributed by atoms with Crippen LogP contribution in [-0.4, -0.2) is 4.57 Å². The van der Waals surface area contributed by atoms with Crippen LogP contribution in [0.1, 0.15) is 64.5 Å². The molecule has 0 saturated carbocycles. The SMILES string of the molecule is CC1(C2=CC(c3cccc(C#N)c3)NC(c3cccc(-n4c5ccccc5c5cc6c(cc54)C(c4ccccc4)(c4ccccc4)c4ccccc4-6)c3)N2)C=CC=CC1. The van der Waals surface area contributed by atoms with Crippen LogP contribution in [0.4, 0.5) is 0 Å². The summed E-state index contributed by atoms with van der Waals surface area (Å²) in [5, 5.41) is 20.1. The Balaban J connectivity index is 1.11. The first kappa shape index (κ1) is 35.0. The zero-order valence-corrected chi connectivity index (χ0v) is 32.8. The van der Waals surface area contributed by atoms with Crippen molar-refractivity contribution in [3.63, 3.8) is 0 Å². The average Bonchev–Trinajstić information content (AvgIpc) is 3.79. The van der Waals surface area contributed by atoms with Gasteiger partial charge >= 0.3 is 0 Å². The van der Waals surface area contributed by atoms with E-state index in [1.807, 2.05) is 18.2 Å². The normalized spacial score (nSPS) is 20.1. The quantitative estimate of drug-likeness (QED) is 0.178. The van der Waals surface area contributed by atoms with Gasteiger partial charge in [0, 0.05) is 27.6 Å². The molecule has 4 nitrogen and oxygen atoms in total. The van der Waals surface area contributed by atoms with E-state index in [4.69, 9.17) is 0 Å². The van der Waals surface area contributed by atoms with Crippen LogP contribution in [0, 0.1) is 16.7 Å². The van der Waals surface area contributed by atoms with Gasteiger partial charge in [0.05, 0.1) is 34.1 Å². The second kappa shape index (κ2) is 13.7. The topological polar surface area (TPSA) is 52.8 Å². The van der Waals surface area contributed by atoms with Gasteiger partial charge in [-0.3, -0.25) is 5.32 Å². The molecule has 3 aliphatic rings. The fraction of sp³-hybridized carbons (Fsp3) is 0.109. The fourth-order valence-electron chi connectivity index (χ4n) is 10.1. The van der Waals surface area contributed by atoms with E-state index < -0.39 is 5.41 Å². The number of nitrogens with one attached hydrogen (secondary N) is 2. The summed E-state index contributed by atoms with van der Waals surface area (Å²) >= 11 is 0. The average molecular weight is 759 g/mol. The van der Waals surface area contributed by atoms with Crippen molar-refractivity contribution >= 4 is 21.8 Å². The monoisotopic (exact) mass is 758 g/mol. The van der Waals surface area contributed by atoms with E-state index in [0.717, 1.165) is 23.2 Å². The zero-order chi connectivity index (χ0) is 39.6. The minimum Gasteiger partial charge on any atom is -0.369 e. The Morgan fingerprint density at radius 1 is 0.627 bits per heavy atom. The third-order valence-electron chi connectivity index (χ3n) is 12.9. The predicted octanol–water partition coefficient (Wildman–Crippen LogP) is 12.4. The number of benzene rings is 7. The second-order valence-electron chi connectivity index (χ2n) is 16.3. The first-order valence-electron chi connectivity index (χ1n) is 20.5. The van der Waals surface area contributed by atoms with Crippen molar-refractivity contribution in [2.75, 3.05) is 0 Å². The lowest BCUT2D eigenvalue weighted by Crippen LogP contribution is -2.44. The number of aromatic nitrogens is 1. The van der Waals surface area contributed by atoms with Gasteiger partial charge in [-0.05, 0) is 99.5 Å². The molecule has 1 aliphatic heterocycles. The molecular formula is C55H42N4. The van der Waals surface area contributed by atoms with Crippen LogP contribution in [0.3, 0.4) is 0 Å². The van der Waals surface area contributed by atoms with E-state index in [1.165, 1.54) is 60.9 Å². The Hall–Kier alpha value is -7.19. The summed E-state index contributed by atoms with van der Waals surface area (Å²) in [6, 6.07) is 64.0. The van der Waals surface area contributed by atoms with Gasteiger partial charge in [-0.15, -0.1) is 0 Å². The van der Waals surface area contributed by atoms with E-state index in [-0.39, 0.29) is 17.6 Å². The number of hydrogen-bond acceptors (Lipinski definition) is 3. The van der Waals surface area contributed by atoms with Crippen LogP contribution in [0.5, 0.6) is 0 Å². The maximum Gasteiger partial charge on any atom is 0.104 e. The molecule has 282 valence electrons. The first-order valence-corrected chi connectivity index (χ1v) is 20.5. The highest BCUT2D eigenvalue weighted by molar-refractivity contribution is 6.12. The summed E-state index contributed by atoms with van der Waals surface area (Å²) in [7, 11) is 0. The highest BCUT2D eigenvalue weighted by Crippen LogP contribution is 2.57. The summed E-state index contributed by atoms with van der Waals surface area (Å²) in [5.74, 6) is 0. The van der Waals surface area contributed by atoms with Gasteiger partial charge in [0.25, 0.3) is 0 Å². The lowest BCUT2D eigenvalue weighted by Gasteiger charge is -2.40. The molecule has 4 heteroatoms. The number of fused-ring (bicyclic) bond motifs is 6. The van der Waals surface area contributed by atoms with Crippen LogP contribution < -0.4 is 10.6 Å². The van der Waals surface area contributed by atoms with E-state index >= 15 is 0 Å². The summed E-state index contributed by atoms with van der Waals surface area (Å²) in [5.41, 5.74) is 14.5. The second-order valence-corrected chi connectivity index (χ2v) is 16.3. The van der Waals surface area contributed by atoms with Crippen LogP contribution in [-0.2, 0) is 5.41 Å². The Labute approximate surface area is 345 Å². The zero-order valence-electron chi connectivity index (χ0n) is 32.8. The lowest BCUT2D eigenvalue weighted by atomic mass is 9.67. The van der Waals surface area contributed by atoms with Crippen molar-refractivity contribution in [2.24, 2.45) is 5.41 Å². The van der Waals surface area contributed by atoms with Gasteiger partial charge in [0.1, 0.15) is 6.17 Å². The Morgan fingerprint density at radius 3 is 2.14 bits per heavy atom. The molecule has 0 radical (unpaired) electrons. The van der Waals surface area contributed by atoms with Gasteiger partial charge in [-0.1, -0.05) is 159 Å². The third-order valence-corrected chi connectivity index (χ3v) is 12.9. The molecule has 59 heavy (non-hydrogen) atoms. The Morgan fingerprint density at radius 2 is 1.36 bits per heavy atom. The highest BCUT2D eigenvalue weighted by atomic mass is 15.2. The standard InChI is InChI=1S/C55H42N4/c1-54(29-13-4-14-30-54)52-35-49(38-18-15-17-37(31-38)36-56)57-53(58-52)39-19-16-24-42(32-39)59-50-28-12-10-26-44(50)46-33-45-43-25-9-11-27-47(43)55(48(45)34-51(46)59,40-20-5-2-6-21-40)41-22-7-3-8-23-41/h2-29,31-35,49,53,57-58H,30H2,1H3. The van der Waals surface area contributed by atoms with Crippen molar-refractivity contribution in [3.05, 3.63) is 245 Å². The fourth-order valence-corrected chi connectivity index (χ4v) is 10.1. The number of hydrogen-bond donors (Lipinski definition) is 2. The van der Waals surface area contributed by atoms with Crippen LogP contribution >= 0.6 is 0 Å². The highest BCUT2D eigenvalue weighted by Gasteiger charge is 2.46. The van der Waals surface area contributed by atoms with Gasteiger partial charge < -0.3 is 9.88 Å². The van der Waals surface area contributed by atoms with E-state index in [1.54, 1.807) is 0 Å². The lowest BCUT2D eigenvalue weighted by molar-refractivity contribution is 0.355. The van der Waals surface area contributed by atoms with Gasteiger partial charge in [-0.2, -0.15) is 5.26 Å². The number of allylic oxidation sites excluding steroid dienone is 4. The molecule has 0 saturated heterocycles. The Bertz CT molecular complexity index is 3030. The predicted molar refractivity (Wildman–Crippen MR) is 240 cm³/mol. The minimum atomic E-state index is -0.499. The third kappa shape index (κ3) is 5.47. The number of nitriles is 1. The van der Waals surface area contributed by atoms with E-state index in [0.29, 0.717) is 5.56 Å². The van der Waals surface area contributed by atoms with Crippen molar-refractivity contribution in [1.82, 2.24) is 15.2 Å². The molecule has 3 atom stereocenters. The van der Waals surface area contributed by atoms with Crippen molar-refractivity contribution < 1.29 is 0 Å². The van der Waals surface area contributed by atoms with Crippen LogP contribution in [0.15, 0.2) is 206 Å². The van der Waals surface area contributed by atoms with Crippen LogP contribution in [0.2, 0.25) is 0 Å². The molecule has 2 aliphatic carbocycles. The summed E-state index contributed by atoms with van der Waals surface area (Å²) < 4.78 is 2.46. The molecule has 0 bridgehead atoms.